The van der Waals surface area contributed by atoms with E-state index in [9.17, 15) is 9.59 Å². The van der Waals surface area contributed by atoms with Gasteiger partial charge in [-0.05, 0) is 17.7 Å². The van der Waals surface area contributed by atoms with Crippen LogP contribution in [0, 0.1) is 0 Å². The van der Waals surface area contributed by atoms with Crippen molar-refractivity contribution in [1.82, 2.24) is 4.90 Å². The van der Waals surface area contributed by atoms with Crippen LogP contribution in [-0.2, 0) is 20.7 Å². The van der Waals surface area contributed by atoms with E-state index in [1.54, 1.807) is 12.1 Å². The summed E-state index contributed by atoms with van der Waals surface area (Å²) in [7, 11) is 0. The third kappa shape index (κ3) is 3.14. The number of ether oxygens (including phenoxy) is 3. The van der Waals surface area contributed by atoms with Gasteiger partial charge in [-0.25, -0.2) is 4.79 Å². The van der Waals surface area contributed by atoms with Crippen LogP contribution in [0.3, 0.4) is 0 Å². The molecule has 1 amide bonds. The van der Waals surface area contributed by atoms with Gasteiger partial charge in [0.1, 0.15) is 13.2 Å². The molecule has 118 valence electrons. The average Bonchev–Trinajstić information content (AvgIpc) is 2.55. The highest BCUT2D eigenvalue weighted by molar-refractivity contribution is 5.80. The summed E-state index contributed by atoms with van der Waals surface area (Å²) in [5, 5.41) is 8.97. The monoisotopic (exact) mass is 307 g/mol. The molecule has 1 aromatic carbocycles. The molecule has 1 saturated heterocycles. The Morgan fingerprint density at radius 2 is 1.95 bits per heavy atom. The first-order valence-electron chi connectivity index (χ1n) is 7.14. The number of rotatable bonds is 3. The molecule has 2 aliphatic rings. The van der Waals surface area contributed by atoms with Gasteiger partial charge in [0.2, 0.25) is 5.91 Å². The zero-order valence-electron chi connectivity index (χ0n) is 12.0. The minimum absolute atomic E-state index is 0.0821. The van der Waals surface area contributed by atoms with E-state index in [0.29, 0.717) is 31.3 Å². The van der Waals surface area contributed by atoms with Crippen molar-refractivity contribution < 1.29 is 28.9 Å². The van der Waals surface area contributed by atoms with Crippen molar-refractivity contribution in [1.29, 1.82) is 0 Å². The lowest BCUT2D eigenvalue weighted by atomic mass is 10.1. The number of fused-ring (bicyclic) bond motifs is 1. The van der Waals surface area contributed by atoms with Gasteiger partial charge in [0.15, 0.2) is 17.6 Å². The molecule has 22 heavy (non-hydrogen) atoms. The van der Waals surface area contributed by atoms with Gasteiger partial charge in [-0.15, -0.1) is 0 Å². The van der Waals surface area contributed by atoms with Gasteiger partial charge >= 0.3 is 5.97 Å². The number of hydrogen-bond donors (Lipinski definition) is 1. The second-order valence-corrected chi connectivity index (χ2v) is 5.19. The Kier molecular flexibility index (Phi) is 4.15. The number of nitrogens with zero attached hydrogens (tertiary/aromatic N) is 1. The van der Waals surface area contributed by atoms with Crippen LogP contribution >= 0.6 is 0 Å². The van der Waals surface area contributed by atoms with Crippen molar-refractivity contribution in [2.24, 2.45) is 0 Å². The van der Waals surface area contributed by atoms with E-state index in [2.05, 4.69) is 0 Å². The zero-order valence-corrected chi connectivity index (χ0v) is 12.0. The number of carbonyl (C=O) groups is 2. The highest BCUT2D eigenvalue weighted by Crippen LogP contribution is 2.31. The Hall–Kier alpha value is -2.28. The Morgan fingerprint density at radius 3 is 2.73 bits per heavy atom. The van der Waals surface area contributed by atoms with Gasteiger partial charge in [0, 0.05) is 6.54 Å². The summed E-state index contributed by atoms with van der Waals surface area (Å²) < 4.78 is 16.0. The molecular formula is C15H17NO6. The van der Waals surface area contributed by atoms with Crippen LogP contribution in [0.1, 0.15) is 5.56 Å². The molecule has 0 radical (unpaired) electrons. The second kappa shape index (κ2) is 6.23. The van der Waals surface area contributed by atoms with E-state index in [1.807, 2.05) is 6.07 Å². The van der Waals surface area contributed by atoms with Crippen LogP contribution < -0.4 is 9.47 Å². The topological polar surface area (TPSA) is 85.3 Å². The molecule has 0 saturated carbocycles. The molecule has 0 bridgehead atoms. The minimum atomic E-state index is -1.04. The lowest BCUT2D eigenvalue weighted by molar-refractivity contribution is -0.159. The maximum Gasteiger partial charge on any atom is 0.334 e. The molecule has 2 aliphatic heterocycles. The average molecular weight is 307 g/mol. The SMILES string of the molecule is O=C(O)C1CN(C(=O)Cc2ccc3c(c2)OCCO3)CCO1. The summed E-state index contributed by atoms with van der Waals surface area (Å²) in [5.41, 5.74) is 0.813. The number of amides is 1. The molecular weight excluding hydrogens is 290 g/mol. The van der Waals surface area contributed by atoms with E-state index in [4.69, 9.17) is 19.3 Å². The third-order valence-corrected chi connectivity index (χ3v) is 3.66. The van der Waals surface area contributed by atoms with Gasteiger partial charge in [0.25, 0.3) is 0 Å². The summed E-state index contributed by atoms with van der Waals surface area (Å²) in [6, 6.07) is 5.40. The summed E-state index contributed by atoms with van der Waals surface area (Å²) in [4.78, 5) is 24.8. The zero-order chi connectivity index (χ0) is 15.5. The molecule has 7 heteroatoms. The Labute approximate surface area is 127 Å². The maximum absolute atomic E-state index is 12.3. The standard InChI is InChI=1S/C15H17NO6/c17-14(16-3-4-20-13(9-16)15(18)19)8-10-1-2-11-12(7-10)22-6-5-21-11/h1-2,7,13H,3-6,8-9H2,(H,18,19). The van der Waals surface area contributed by atoms with Crippen LogP contribution in [-0.4, -0.2) is 60.9 Å². The second-order valence-electron chi connectivity index (χ2n) is 5.19. The maximum atomic E-state index is 12.3. The van der Waals surface area contributed by atoms with E-state index < -0.39 is 12.1 Å². The van der Waals surface area contributed by atoms with Crippen LogP contribution in [0.4, 0.5) is 0 Å². The molecule has 1 unspecified atom stereocenters. The van der Waals surface area contributed by atoms with E-state index >= 15 is 0 Å². The van der Waals surface area contributed by atoms with Crippen molar-refractivity contribution in [3.8, 4) is 11.5 Å². The van der Waals surface area contributed by atoms with Gasteiger partial charge in [-0.2, -0.15) is 0 Å². The first-order valence-corrected chi connectivity index (χ1v) is 7.14. The number of morpholine rings is 1. The molecule has 1 atom stereocenters. The lowest BCUT2D eigenvalue weighted by Gasteiger charge is -2.31. The quantitative estimate of drug-likeness (QED) is 0.865. The summed E-state index contributed by atoms with van der Waals surface area (Å²) in [6.07, 6.45) is -0.749. The largest absolute Gasteiger partial charge is 0.486 e. The Balaban J connectivity index is 1.65. The van der Waals surface area contributed by atoms with Crippen molar-refractivity contribution in [3.05, 3.63) is 23.8 Å². The van der Waals surface area contributed by atoms with Gasteiger partial charge in [0.05, 0.1) is 19.6 Å². The van der Waals surface area contributed by atoms with Gasteiger partial charge in [-0.1, -0.05) is 6.07 Å². The number of aliphatic carboxylic acids is 1. The first kappa shape index (κ1) is 14.6. The van der Waals surface area contributed by atoms with E-state index in [1.165, 1.54) is 4.90 Å². The summed E-state index contributed by atoms with van der Waals surface area (Å²) in [6.45, 7) is 1.75. The molecule has 0 spiro atoms. The molecule has 1 aromatic rings. The van der Waals surface area contributed by atoms with Crippen molar-refractivity contribution in [3.63, 3.8) is 0 Å². The van der Waals surface area contributed by atoms with Crippen molar-refractivity contribution >= 4 is 11.9 Å². The summed E-state index contributed by atoms with van der Waals surface area (Å²) in [5.74, 6) is 0.157. The molecule has 2 heterocycles. The van der Waals surface area contributed by atoms with Crippen LogP contribution in [0.5, 0.6) is 11.5 Å². The number of carboxylic acid groups (broad SMARTS) is 1. The summed E-state index contributed by atoms with van der Waals surface area (Å²) >= 11 is 0. The number of carboxylic acids is 1. The molecule has 1 N–H and O–H groups in total. The van der Waals surface area contributed by atoms with E-state index in [-0.39, 0.29) is 25.5 Å². The lowest BCUT2D eigenvalue weighted by Crippen LogP contribution is -2.49. The Bertz CT molecular complexity index is 587. The highest BCUT2D eigenvalue weighted by Gasteiger charge is 2.29. The molecule has 1 fully saturated rings. The third-order valence-electron chi connectivity index (χ3n) is 3.66. The number of benzene rings is 1. The fourth-order valence-electron chi connectivity index (χ4n) is 2.51. The van der Waals surface area contributed by atoms with Crippen molar-refractivity contribution in [2.75, 3.05) is 32.9 Å². The highest BCUT2D eigenvalue weighted by atomic mass is 16.6. The van der Waals surface area contributed by atoms with Crippen LogP contribution in [0.2, 0.25) is 0 Å². The van der Waals surface area contributed by atoms with Gasteiger partial charge < -0.3 is 24.2 Å². The fourth-order valence-corrected chi connectivity index (χ4v) is 2.51. The molecule has 0 aliphatic carbocycles. The predicted octanol–water partition coefficient (Wildman–Crippen LogP) is 0.312. The minimum Gasteiger partial charge on any atom is -0.486 e. The van der Waals surface area contributed by atoms with E-state index in [0.717, 1.165) is 5.56 Å². The van der Waals surface area contributed by atoms with Crippen molar-refractivity contribution in [2.45, 2.75) is 12.5 Å². The Morgan fingerprint density at radius 1 is 1.18 bits per heavy atom. The number of hydrogen-bond acceptors (Lipinski definition) is 5. The predicted molar refractivity (Wildman–Crippen MR) is 75.1 cm³/mol. The van der Waals surface area contributed by atoms with Gasteiger partial charge in [-0.3, -0.25) is 4.79 Å². The smallest absolute Gasteiger partial charge is 0.334 e. The fraction of sp³-hybridized carbons (Fsp3) is 0.467. The molecule has 7 nitrogen and oxygen atoms in total. The normalized spacial score (nSPS) is 20.5. The first-order chi connectivity index (χ1) is 10.6. The molecule has 0 aromatic heterocycles. The van der Waals surface area contributed by atoms with Crippen LogP contribution in [0.25, 0.3) is 0 Å². The number of carbonyl (C=O) groups excluding carboxylic acids is 1. The van der Waals surface area contributed by atoms with Crippen LogP contribution in [0.15, 0.2) is 18.2 Å². The molecule has 3 rings (SSSR count).